The van der Waals surface area contributed by atoms with E-state index in [-0.39, 0.29) is 12.1 Å². The molecule has 31 heavy (non-hydrogen) atoms. The molecule has 1 unspecified atom stereocenters. The van der Waals surface area contributed by atoms with Crippen LogP contribution >= 0.6 is 0 Å². The zero-order valence-electron chi connectivity index (χ0n) is 18.8. The van der Waals surface area contributed by atoms with Crippen molar-refractivity contribution in [1.29, 1.82) is 0 Å². The number of nitrogens with zero attached hydrogens (tertiary/aromatic N) is 1. The van der Waals surface area contributed by atoms with Crippen LogP contribution in [0.2, 0.25) is 0 Å². The Morgan fingerprint density at radius 2 is 2.00 bits per heavy atom. The second-order valence-electron chi connectivity index (χ2n) is 8.20. The number of ether oxygens (including phenoxy) is 1. The number of hydrogen-bond donors (Lipinski definition) is 3. The highest BCUT2D eigenvalue weighted by Crippen LogP contribution is 2.18. The van der Waals surface area contributed by atoms with Crippen molar-refractivity contribution in [2.75, 3.05) is 32.8 Å². The molecule has 1 aromatic heterocycles. The van der Waals surface area contributed by atoms with Crippen molar-refractivity contribution in [1.82, 2.24) is 15.2 Å². The summed E-state index contributed by atoms with van der Waals surface area (Å²) in [7, 11) is 0. The number of aromatic amines is 1. The van der Waals surface area contributed by atoms with Crippen LogP contribution in [0.5, 0.6) is 0 Å². The molecule has 1 aliphatic heterocycles. The van der Waals surface area contributed by atoms with Gasteiger partial charge < -0.3 is 14.8 Å². The number of benzene rings is 1. The fourth-order valence-corrected chi connectivity index (χ4v) is 3.78. The van der Waals surface area contributed by atoms with E-state index in [1.165, 1.54) is 0 Å². The molecule has 1 saturated heterocycles. The van der Waals surface area contributed by atoms with Gasteiger partial charge in [-0.2, -0.15) is 0 Å². The van der Waals surface area contributed by atoms with Gasteiger partial charge >= 0.3 is 0 Å². The first kappa shape index (κ1) is 23.2. The first-order valence-corrected chi connectivity index (χ1v) is 10.9. The van der Waals surface area contributed by atoms with Crippen molar-refractivity contribution in [2.24, 2.45) is 0 Å². The highest BCUT2D eigenvalue weighted by atomic mass is 16.5. The molecule has 6 heteroatoms. The normalized spacial score (nSPS) is 16.1. The highest BCUT2D eigenvalue weighted by Gasteiger charge is 2.13. The van der Waals surface area contributed by atoms with Crippen molar-refractivity contribution < 1.29 is 9.84 Å². The van der Waals surface area contributed by atoms with Gasteiger partial charge in [-0.3, -0.25) is 15.0 Å². The Labute approximate surface area is 184 Å². The fourth-order valence-electron chi connectivity index (χ4n) is 3.78. The molecular formula is C25H33N3O3. The molecule has 0 spiro atoms. The van der Waals surface area contributed by atoms with Crippen LogP contribution in [0, 0.1) is 32.6 Å². The molecule has 1 fully saturated rings. The third-order valence-electron chi connectivity index (χ3n) is 5.64. The van der Waals surface area contributed by atoms with E-state index in [1.807, 2.05) is 45.0 Å². The summed E-state index contributed by atoms with van der Waals surface area (Å²) >= 11 is 0. The average molecular weight is 424 g/mol. The Hall–Kier alpha value is -2.43. The molecule has 0 amide bonds. The summed E-state index contributed by atoms with van der Waals surface area (Å²) in [6, 6.07) is 7.80. The van der Waals surface area contributed by atoms with Gasteiger partial charge in [0.05, 0.1) is 13.2 Å². The number of H-pyrrole nitrogens is 1. The first-order chi connectivity index (χ1) is 14.9. The molecule has 0 aliphatic carbocycles. The van der Waals surface area contributed by atoms with Gasteiger partial charge in [0.25, 0.3) is 5.56 Å². The second-order valence-corrected chi connectivity index (χ2v) is 8.20. The average Bonchev–Trinajstić information content (AvgIpc) is 2.69. The summed E-state index contributed by atoms with van der Waals surface area (Å²) in [5, 5.41) is 13.8. The molecule has 0 bridgehead atoms. The second kappa shape index (κ2) is 11.3. The number of nitrogens with one attached hydrogen (secondary N) is 2. The number of aliphatic hydroxyl groups excluding tert-OH is 1. The maximum Gasteiger partial charge on any atom is 0.252 e. The molecule has 0 saturated carbocycles. The van der Waals surface area contributed by atoms with Crippen LogP contribution in [0.4, 0.5) is 0 Å². The van der Waals surface area contributed by atoms with Crippen LogP contribution in [0.25, 0.3) is 0 Å². The lowest BCUT2D eigenvalue weighted by molar-refractivity contribution is 0.0857. The summed E-state index contributed by atoms with van der Waals surface area (Å²) < 4.78 is 5.55. The van der Waals surface area contributed by atoms with Crippen LogP contribution in [0.15, 0.2) is 29.1 Å². The Morgan fingerprint density at radius 1 is 1.16 bits per heavy atom. The predicted molar refractivity (Wildman–Crippen MR) is 123 cm³/mol. The molecule has 1 aromatic carbocycles. The van der Waals surface area contributed by atoms with Gasteiger partial charge in [-0.15, -0.1) is 0 Å². The Morgan fingerprint density at radius 3 is 2.81 bits per heavy atom. The van der Waals surface area contributed by atoms with E-state index in [2.05, 4.69) is 27.0 Å². The summed E-state index contributed by atoms with van der Waals surface area (Å²) in [5.41, 5.74) is 4.87. The smallest absolute Gasteiger partial charge is 0.252 e. The molecule has 1 atom stereocenters. The molecule has 0 radical (unpaired) electrons. The maximum absolute atomic E-state index is 12.2. The molecule has 2 heterocycles. The number of hydrogen-bond acceptors (Lipinski definition) is 5. The van der Waals surface area contributed by atoms with E-state index < -0.39 is 6.23 Å². The quantitative estimate of drug-likeness (QED) is 0.509. The van der Waals surface area contributed by atoms with E-state index in [9.17, 15) is 9.90 Å². The van der Waals surface area contributed by atoms with Crippen LogP contribution < -0.4 is 10.9 Å². The van der Waals surface area contributed by atoms with E-state index >= 15 is 0 Å². The minimum absolute atomic E-state index is 0.122. The Bertz CT molecular complexity index is 995. The van der Waals surface area contributed by atoms with Gasteiger partial charge in [-0.05, 0) is 75.0 Å². The monoisotopic (exact) mass is 423 g/mol. The minimum atomic E-state index is -0.881. The van der Waals surface area contributed by atoms with Crippen LogP contribution in [-0.4, -0.2) is 47.8 Å². The summed E-state index contributed by atoms with van der Waals surface area (Å²) in [6.45, 7) is 10.3. The van der Waals surface area contributed by atoms with Gasteiger partial charge in [0.2, 0.25) is 0 Å². The number of pyridine rings is 1. The van der Waals surface area contributed by atoms with Gasteiger partial charge in [0.1, 0.15) is 6.23 Å². The lowest BCUT2D eigenvalue weighted by Crippen LogP contribution is -2.31. The van der Waals surface area contributed by atoms with E-state index in [0.29, 0.717) is 12.1 Å². The molecule has 3 rings (SSSR count). The van der Waals surface area contributed by atoms with Crippen LogP contribution in [0.1, 0.15) is 52.6 Å². The third kappa shape index (κ3) is 6.78. The zero-order valence-corrected chi connectivity index (χ0v) is 18.8. The number of aliphatic hydroxyl groups is 1. The lowest BCUT2D eigenvalue weighted by Gasteiger charge is -2.22. The van der Waals surface area contributed by atoms with Gasteiger partial charge in [0.15, 0.2) is 0 Å². The standard InChI is InChI=1S/C25H33N3O3/c1-18-8-9-21(7-6-11-28-10-4-5-13-31-14-12-28)16-22(18)24(29)26-17-23-19(2)15-20(3)27-25(23)30/h8-9,15-16,24,26,29H,4-5,10-14,17H2,1-3H3,(H,27,30). The topological polar surface area (TPSA) is 77.6 Å². The molecular weight excluding hydrogens is 390 g/mol. The number of aromatic nitrogens is 1. The van der Waals surface area contributed by atoms with Crippen molar-refractivity contribution in [2.45, 2.75) is 46.4 Å². The van der Waals surface area contributed by atoms with E-state index in [1.54, 1.807) is 0 Å². The van der Waals surface area contributed by atoms with Gasteiger partial charge in [-0.25, -0.2) is 0 Å². The largest absolute Gasteiger partial charge is 0.380 e. The zero-order chi connectivity index (χ0) is 22.2. The molecule has 6 nitrogen and oxygen atoms in total. The predicted octanol–water partition coefficient (Wildman–Crippen LogP) is 2.54. The third-order valence-corrected chi connectivity index (χ3v) is 5.64. The fraction of sp³-hybridized carbons (Fsp3) is 0.480. The first-order valence-electron chi connectivity index (χ1n) is 10.9. The van der Waals surface area contributed by atoms with Gasteiger partial charge in [0, 0.05) is 36.5 Å². The van der Waals surface area contributed by atoms with E-state index in [0.717, 1.165) is 67.1 Å². The summed E-state index contributed by atoms with van der Waals surface area (Å²) in [5.74, 6) is 6.48. The molecule has 1 aliphatic rings. The van der Waals surface area contributed by atoms with Crippen molar-refractivity contribution in [3.8, 4) is 11.8 Å². The highest BCUT2D eigenvalue weighted by molar-refractivity contribution is 5.41. The van der Waals surface area contributed by atoms with Crippen molar-refractivity contribution >= 4 is 0 Å². The summed E-state index contributed by atoms with van der Waals surface area (Å²) in [4.78, 5) is 17.3. The number of aryl methyl sites for hydroxylation is 3. The van der Waals surface area contributed by atoms with Crippen molar-refractivity contribution in [3.05, 3.63) is 68.1 Å². The van der Waals surface area contributed by atoms with Crippen molar-refractivity contribution in [3.63, 3.8) is 0 Å². The molecule has 2 aromatic rings. The molecule has 3 N–H and O–H groups in total. The maximum atomic E-state index is 12.2. The van der Waals surface area contributed by atoms with E-state index in [4.69, 9.17) is 4.74 Å². The Kier molecular flexibility index (Phi) is 8.44. The SMILES string of the molecule is Cc1cc(C)c(CNC(O)c2cc(C#CCN3CCCCOCC3)ccc2C)c(=O)[nH]1. The molecule has 166 valence electrons. The Balaban J connectivity index is 1.64. The van der Waals surface area contributed by atoms with Gasteiger partial charge in [-0.1, -0.05) is 17.9 Å². The van der Waals surface area contributed by atoms with Crippen LogP contribution in [0.3, 0.4) is 0 Å². The van der Waals surface area contributed by atoms with Crippen LogP contribution in [-0.2, 0) is 11.3 Å². The summed E-state index contributed by atoms with van der Waals surface area (Å²) in [6.07, 6.45) is 1.36. The lowest BCUT2D eigenvalue weighted by atomic mass is 10.0. The number of rotatable bonds is 5. The minimum Gasteiger partial charge on any atom is -0.380 e.